The Balaban J connectivity index is 2.85. The van der Waals surface area contributed by atoms with Gasteiger partial charge >= 0.3 is 0 Å². The molecular formula is C12H15BrN2. The van der Waals surface area contributed by atoms with Crippen LogP contribution in [0.3, 0.4) is 0 Å². The first-order valence-electron chi connectivity index (χ1n) is 5.02. The molecular weight excluding hydrogens is 252 g/mol. The smallest absolute Gasteiger partial charge is 0.0483 e. The van der Waals surface area contributed by atoms with E-state index < -0.39 is 0 Å². The summed E-state index contributed by atoms with van der Waals surface area (Å²) in [7, 11) is 2.07. The predicted octanol–water partition coefficient (Wildman–Crippen LogP) is 3.27. The van der Waals surface area contributed by atoms with Crippen LogP contribution in [0.25, 0.3) is 10.9 Å². The lowest BCUT2D eigenvalue weighted by atomic mass is 10.1. The molecule has 2 N–H and O–H groups in total. The highest BCUT2D eigenvalue weighted by molar-refractivity contribution is 9.10. The van der Waals surface area contributed by atoms with Crippen LogP contribution in [0, 0.1) is 6.92 Å². The molecule has 0 amide bonds. The Morgan fingerprint density at radius 1 is 1.40 bits per heavy atom. The Morgan fingerprint density at radius 3 is 2.67 bits per heavy atom. The summed E-state index contributed by atoms with van der Waals surface area (Å²) in [4.78, 5) is 0. The van der Waals surface area contributed by atoms with Crippen LogP contribution in [0.15, 0.2) is 22.7 Å². The first-order valence-corrected chi connectivity index (χ1v) is 5.81. The fourth-order valence-electron chi connectivity index (χ4n) is 2.27. The Kier molecular flexibility index (Phi) is 2.61. The maximum Gasteiger partial charge on any atom is 0.0483 e. The van der Waals surface area contributed by atoms with Crippen molar-refractivity contribution < 1.29 is 0 Å². The normalized spacial score (nSPS) is 13.4. The van der Waals surface area contributed by atoms with Crippen molar-refractivity contribution in [1.29, 1.82) is 0 Å². The van der Waals surface area contributed by atoms with Crippen LogP contribution in [0.1, 0.15) is 24.2 Å². The van der Waals surface area contributed by atoms with Crippen LogP contribution in [0.2, 0.25) is 0 Å². The van der Waals surface area contributed by atoms with Gasteiger partial charge in [0.05, 0.1) is 0 Å². The number of nitrogens with zero attached hydrogens (tertiary/aromatic N) is 1. The molecule has 1 aromatic heterocycles. The summed E-state index contributed by atoms with van der Waals surface area (Å²) in [6.45, 7) is 4.16. The van der Waals surface area contributed by atoms with E-state index in [-0.39, 0.29) is 6.04 Å². The second-order valence-corrected chi connectivity index (χ2v) is 4.94. The SMILES string of the molecule is Cc1c(C(C)N)n(C)c2ccc(Br)cc12. The summed E-state index contributed by atoms with van der Waals surface area (Å²) >= 11 is 3.50. The average Bonchev–Trinajstić information content (AvgIpc) is 2.39. The van der Waals surface area contributed by atoms with E-state index >= 15 is 0 Å². The highest BCUT2D eigenvalue weighted by Crippen LogP contribution is 2.29. The van der Waals surface area contributed by atoms with Crippen molar-refractivity contribution in [3.8, 4) is 0 Å². The Labute approximate surface area is 98.2 Å². The van der Waals surface area contributed by atoms with E-state index in [1.54, 1.807) is 0 Å². The van der Waals surface area contributed by atoms with Gasteiger partial charge in [0.2, 0.25) is 0 Å². The number of aryl methyl sites for hydroxylation is 2. The molecule has 0 spiro atoms. The summed E-state index contributed by atoms with van der Waals surface area (Å²) in [5.41, 5.74) is 9.72. The second-order valence-electron chi connectivity index (χ2n) is 4.02. The first kappa shape index (κ1) is 10.7. The van der Waals surface area contributed by atoms with Crippen LogP contribution in [-0.4, -0.2) is 4.57 Å². The zero-order chi connectivity index (χ0) is 11.2. The van der Waals surface area contributed by atoms with Crippen LogP contribution in [-0.2, 0) is 7.05 Å². The monoisotopic (exact) mass is 266 g/mol. The van der Waals surface area contributed by atoms with Gasteiger partial charge in [-0.3, -0.25) is 0 Å². The summed E-state index contributed by atoms with van der Waals surface area (Å²) < 4.78 is 3.29. The topological polar surface area (TPSA) is 30.9 Å². The molecule has 0 fully saturated rings. The van der Waals surface area contributed by atoms with E-state index in [0.717, 1.165) is 4.47 Å². The molecule has 2 rings (SSSR count). The van der Waals surface area contributed by atoms with E-state index in [2.05, 4.69) is 52.7 Å². The van der Waals surface area contributed by atoms with Crippen molar-refractivity contribution in [2.75, 3.05) is 0 Å². The molecule has 15 heavy (non-hydrogen) atoms. The Bertz CT molecular complexity index is 512. The number of aromatic nitrogens is 1. The highest BCUT2D eigenvalue weighted by atomic mass is 79.9. The minimum atomic E-state index is 0.0705. The summed E-state index contributed by atoms with van der Waals surface area (Å²) in [5, 5.41) is 1.28. The minimum Gasteiger partial charge on any atom is -0.346 e. The van der Waals surface area contributed by atoms with E-state index in [1.165, 1.54) is 22.2 Å². The number of nitrogens with two attached hydrogens (primary N) is 1. The van der Waals surface area contributed by atoms with Gasteiger partial charge in [-0.25, -0.2) is 0 Å². The first-order chi connectivity index (χ1) is 7.02. The molecule has 0 bridgehead atoms. The predicted molar refractivity (Wildman–Crippen MR) is 68.0 cm³/mol. The maximum absolute atomic E-state index is 5.98. The standard InChI is InChI=1S/C12H15BrN2/c1-7-10-6-9(13)4-5-11(10)15(3)12(7)8(2)14/h4-6,8H,14H2,1-3H3. The zero-order valence-corrected chi connectivity index (χ0v) is 10.8. The molecule has 1 heterocycles. The molecule has 2 aromatic rings. The van der Waals surface area contributed by atoms with E-state index in [9.17, 15) is 0 Å². The van der Waals surface area contributed by atoms with Gasteiger partial charge < -0.3 is 10.3 Å². The van der Waals surface area contributed by atoms with Gasteiger partial charge in [-0.1, -0.05) is 15.9 Å². The van der Waals surface area contributed by atoms with Gasteiger partial charge in [-0.2, -0.15) is 0 Å². The molecule has 3 heteroatoms. The number of fused-ring (bicyclic) bond motifs is 1. The van der Waals surface area contributed by atoms with Crippen LogP contribution >= 0.6 is 15.9 Å². The minimum absolute atomic E-state index is 0.0705. The van der Waals surface area contributed by atoms with Gasteiger partial charge in [0.15, 0.2) is 0 Å². The summed E-state index contributed by atoms with van der Waals surface area (Å²) in [6, 6.07) is 6.41. The number of hydrogen-bond donors (Lipinski definition) is 1. The summed E-state index contributed by atoms with van der Waals surface area (Å²) in [5.74, 6) is 0. The van der Waals surface area contributed by atoms with Crippen LogP contribution in [0.5, 0.6) is 0 Å². The lowest BCUT2D eigenvalue weighted by Crippen LogP contribution is -2.11. The molecule has 0 aliphatic heterocycles. The third-order valence-electron chi connectivity index (χ3n) is 2.90. The molecule has 1 atom stereocenters. The molecule has 0 saturated carbocycles. The molecule has 80 valence electrons. The van der Waals surface area contributed by atoms with Crippen molar-refractivity contribution in [1.82, 2.24) is 4.57 Å². The second kappa shape index (κ2) is 3.65. The van der Waals surface area contributed by atoms with Gasteiger partial charge in [-0.05, 0) is 37.6 Å². The number of halogens is 1. The fourth-order valence-corrected chi connectivity index (χ4v) is 2.63. The number of hydrogen-bond acceptors (Lipinski definition) is 1. The number of rotatable bonds is 1. The number of benzene rings is 1. The lowest BCUT2D eigenvalue weighted by Gasteiger charge is -2.08. The van der Waals surface area contributed by atoms with E-state index in [4.69, 9.17) is 5.73 Å². The van der Waals surface area contributed by atoms with Crippen molar-refractivity contribution in [3.05, 3.63) is 33.9 Å². The Morgan fingerprint density at radius 2 is 2.07 bits per heavy atom. The third kappa shape index (κ3) is 1.60. The molecule has 0 saturated heterocycles. The van der Waals surface area contributed by atoms with E-state index in [0.29, 0.717) is 0 Å². The highest BCUT2D eigenvalue weighted by Gasteiger charge is 2.14. The zero-order valence-electron chi connectivity index (χ0n) is 9.21. The van der Waals surface area contributed by atoms with Crippen molar-refractivity contribution in [3.63, 3.8) is 0 Å². The molecule has 2 nitrogen and oxygen atoms in total. The Hall–Kier alpha value is -0.800. The lowest BCUT2D eigenvalue weighted by molar-refractivity contribution is 0.720. The summed E-state index contributed by atoms with van der Waals surface area (Å²) in [6.07, 6.45) is 0. The molecule has 0 aliphatic carbocycles. The van der Waals surface area contributed by atoms with Gasteiger partial charge in [0.25, 0.3) is 0 Å². The van der Waals surface area contributed by atoms with E-state index in [1.807, 2.05) is 6.92 Å². The van der Waals surface area contributed by atoms with Gasteiger partial charge in [0.1, 0.15) is 0 Å². The molecule has 0 aliphatic rings. The fraction of sp³-hybridized carbons (Fsp3) is 0.333. The molecule has 1 aromatic carbocycles. The quantitative estimate of drug-likeness (QED) is 0.844. The van der Waals surface area contributed by atoms with Crippen LogP contribution < -0.4 is 5.73 Å². The van der Waals surface area contributed by atoms with Gasteiger partial charge in [-0.15, -0.1) is 0 Å². The largest absolute Gasteiger partial charge is 0.346 e. The third-order valence-corrected chi connectivity index (χ3v) is 3.39. The van der Waals surface area contributed by atoms with Crippen molar-refractivity contribution in [2.24, 2.45) is 12.8 Å². The average molecular weight is 267 g/mol. The maximum atomic E-state index is 5.98. The van der Waals surface area contributed by atoms with Crippen molar-refractivity contribution >= 4 is 26.8 Å². The van der Waals surface area contributed by atoms with Crippen LogP contribution in [0.4, 0.5) is 0 Å². The van der Waals surface area contributed by atoms with Gasteiger partial charge in [0, 0.05) is 34.2 Å². The molecule has 1 unspecified atom stereocenters. The molecule has 0 radical (unpaired) electrons. The van der Waals surface area contributed by atoms with Crippen molar-refractivity contribution in [2.45, 2.75) is 19.9 Å².